The Kier molecular flexibility index (Phi) is 3.65. The van der Waals surface area contributed by atoms with E-state index >= 15 is 0 Å². The van der Waals surface area contributed by atoms with Crippen LogP contribution in [0.1, 0.15) is 19.7 Å². The molecule has 0 fully saturated rings. The lowest BCUT2D eigenvalue weighted by atomic mass is 10.3. The van der Waals surface area contributed by atoms with E-state index in [9.17, 15) is 4.79 Å². The van der Waals surface area contributed by atoms with Crippen LogP contribution >= 0.6 is 0 Å². The summed E-state index contributed by atoms with van der Waals surface area (Å²) in [5.41, 5.74) is 1.97. The predicted molar refractivity (Wildman–Crippen MR) is 72.4 cm³/mol. The van der Waals surface area contributed by atoms with Crippen molar-refractivity contribution < 1.29 is 4.79 Å². The average molecular weight is 245 g/mol. The number of fused-ring (bicyclic) bond motifs is 1. The van der Waals surface area contributed by atoms with Crippen LogP contribution in [-0.4, -0.2) is 33.4 Å². The highest BCUT2D eigenvalue weighted by atomic mass is 16.2. The number of hydrogen-bond donors (Lipinski definition) is 0. The molecule has 0 spiro atoms. The topological polar surface area (TPSA) is 38.1 Å². The zero-order valence-corrected chi connectivity index (χ0v) is 11.2. The number of imidazole rings is 1. The molecule has 18 heavy (non-hydrogen) atoms. The summed E-state index contributed by atoms with van der Waals surface area (Å²) in [5.74, 6) is 1.03. The van der Waals surface area contributed by atoms with Crippen molar-refractivity contribution in [2.24, 2.45) is 0 Å². The van der Waals surface area contributed by atoms with Gasteiger partial charge in [0.1, 0.15) is 12.4 Å². The predicted octanol–water partition coefficient (Wildman–Crippen LogP) is 2.21. The van der Waals surface area contributed by atoms with Crippen molar-refractivity contribution in [1.82, 2.24) is 14.5 Å². The van der Waals surface area contributed by atoms with Gasteiger partial charge in [0, 0.05) is 13.1 Å². The van der Waals surface area contributed by atoms with Gasteiger partial charge in [0.15, 0.2) is 0 Å². The summed E-state index contributed by atoms with van der Waals surface area (Å²) < 4.78 is 1.98. The number of nitrogens with zero attached hydrogens (tertiary/aromatic N) is 3. The fourth-order valence-corrected chi connectivity index (χ4v) is 2.21. The van der Waals surface area contributed by atoms with E-state index < -0.39 is 0 Å². The molecule has 0 unspecified atom stereocenters. The first-order valence-electron chi connectivity index (χ1n) is 6.37. The van der Waals surface area contributed by atoms with Gasteiger partial charge in [-0.05, 0) is 32.9 Å². The molecule has 0 saturated heterocycles. The van der Waals surface area contributed by atoms with Crippen molar-refractivity contribution in [3.63, 3.8) is 0 Å². The lowest BCUT2D eigenvalue weighted by Crippen LogP contribution is -2.33. The molecule has 0 N–H and O–H groups in total. The van der Waals surface area contributed by atoms with Gasteiger partial charge < -0.3 is 9.47 Å². The van der Waals surface area contributed by atoms with Gasteiger partial charge in [0.25, 0.3) is 0 Å². The minimum absolute atomic E-state index is 0.145. The molecule has 0 aliphatic carbocycles. The minimum atomic E-state index is 0.145. The zero-order valence-electron chi connectivity index (χ0n) is 11.2. The van der Waals surface area contributed by atoms with E-state index in [-0.39, 0.29) is 5.91 Å². The molecule has 0 aliphatic heterocycles. The second-order valence-corrected chi connectivity index (χ2v) is 4.30. The molecular weight excluding hydrogens is 226 g/mol. The van der Waals surface area contributed by atoms with E-state index in [0.29, 0.717) is 6.54 Å². The van der Waals surface area contributed by atoms with Crippen LogP contribution in [0.3, 0.4) is 0 Å². The molecule has 4 heteroatoms. The van der Waals surface area contributed by atoms with Gasteiger partial charge in [-0.1, -0.05) is 12.1 Å². The highest BCUT2D eigenvalue weighted by Crippen LogP contribution is 2.15. The average Bonchev–Trinajstić information content (AvgIpc) is 2.68. The number of carbonyl (C=O) groups excluding carboxylic acids is 1. The molecule has 0 bridgehead atoms. The molecule has 0 radical (unpaired) electrons. The van der Waals surface area contributed by atoms with E-state index in [4.69, 9.17) is 0 Å². The smallest absolute Gasteiger partial charge is 0.242 e. The third-order valence-corrected chi connectivity index (χ3v) is 3.25. The van der Waals surface area contributed by atoms with E-state index in [0.717, 1.165) is 29.9 Å². The van der Waals surface area contributed by atoms with Crippen molar-refractivity contribution in [2.75, 3.05) is 13.1 Å². The summed E-state index contributed by atoms with van der Waals surface area (Å²) in [7, 11) is 0. The number of carbonyl (C=O) groups is 1. The van der Waals surface area contributed by atoms with Gasteiger partial charge in [0.05, 0.1) is 11.0 Å². The fraction of sp³-hybridized carbons (Fsp3) is 0.429. The summed E-state index contributed by atoms with van der Waals surface area (Å²) >= 11 is 0. The van der Waals surface area contributed by atoms with Gasteiger partial charge in [-0.25, -0.2) is 4.98 Å². The van der Waals surface area contributed by atoms with E-state index in [1.54, 1.807) is 0 Å². The van der Waals surface area contributed by atoms with Gasteiger partial charge in [-0.3, -0.25) is 4.79 Å². The maximum absolute atomic E-state index is 12.1. The van der Waals surface area contributed by atoms with Crippen molar-refractivity contribution >= 4 is 16.9 Å². The number of amides is 1. The van der Waals surface area contributed by atoms with Crippen LogP contribution in [0.15, 0.2) is 24.3 Å². The number of para-hydroxylation sites is 2. The maximum Gasteiger partial charge on any atom is 0.242 e. The number of rotatable bonds is 4. The summed E-state index contributed by atoms with van der Waals surface area (Å²) in [4.78, 5) is 18.5. The minimum Gasteiger partial charge on any atom is -0.342 e. The van der Waals surface area contributed by atoms with Gasteiger partial charge in [0.2, 0.25) is 5.91 Å². The van der Waals surface area contributed by atoms with Crippen molar-refractivity contribution in [2.45, 2.75) is 27.3 Å². The Hall–Kier alpha value is -1.84. The second-order valence-electron chi connectivity index (χ2n) is 4.30. The molecule has 1 heterocycles. The Morgan fingerprint density at radius 2 is 1.94 bits per heavy atom. The van der Waals surface area contributed by atoms with Crippen LogP contribution in [0.5, 0.6) is 0 Å². The van der Waals surface area contributed by atoms with Crippen molar-refractivity contribution in [1.29, 1.82) is 0 Å². The van der Waals surface area contributed by atoms with Crippen LogP contribution in [0.4, 0.5) is 0 Å². The lowest BCUT2D eigenvalue weighted by molar-refractivity contribution is -0.131. The quantitative estimate of drug-likeness (QED) is 0.828. The molecule has 96 valence electrons. The summed E-state index contributed by atoms with van der Waals surface area (Å²) in [6.07, 6.45) is 0. The number of likely N-dealkylation sites (N-methyl/N-ethyl adjacent to an activating group) is 1. The Morgan fingerprint density at radius 1 is 1.28 bits per heavy atom. The third-order valence-electron chi connectivity index (χ3n) is 3.25. The number of aryl methyl sites for hydroxylation is 1. The SMILES string of the molecule is CCN(CC)C(=O)Cn1c(C)nc2ccccc21. The van der Waals surface area contributed by atoms with E-state index in [1.165, 1.54) is 0 Å². The van der Waals surface area contributed by atoms with Crippen LogP contribution in [-0.2, 0) is 11.3 Å². The second kappa shape index (κ2) is 5.21. The van der Waals surface area contributed by atoms with Crippen LogP contribution in [0.25, 0.3) is 11.0 Å². The molecule has 2 rings (SSSR count). The third kappa shape index (κ3) is 2.23. The lowest BCUT2D eigenvalue weighted by Gasteiger charge is -2.19. The standard InChI is InChI=1S/C14H19N3O/c1-4-16(5-2)14(18)10-17-11(3)15-12-8-6-7-9-13(12)17/h6-9H,4-5,10H2,1-3H3. The highest BCUT2D eigenvalue weighted by molar-refractivity contribution is 5.81. The summed E-state index contributed by atoms with van der Waals surface area (Å²) in [5, 5.41) is 0. The molecule has 1 amide bonds. The van der Waals surface area contributed by atoms with Gasteiger partial charge in [-0.15, -0.1) is 0 Å². The van der Waals surface area contributed by atoms with E-state index in [1.807, 2.05) is 54.5 Å². The molecular formula is C14H19N3O. The Morgan fingerprint density at radius 3 is 2.61 bits per heavy atom. The fourth-order valence-electron chi connectivity index (χ4n) is 2.21. The normalized spacial score (nSPS) is 10.8. The Bertz CT molecular complexity index is 555. The van der Waals surface area contributed by atoms with Crippen molar-refractivity contribution in [3.05, 3.63) is 30.1 Å². The highest BCUT2D eigenvalue weighted by Gasteiger charge is 2.14. The number of benzene rings is 1. The molecule has 1 aromatic carbocycles. The largest absolute Gasteiger partial charge is 0.342 e. The molecule has 1 aromatic heterocycles. The van der Waals surface area contributed by atoms with Gasteiger partial charge >= 0.3 is 0 Å². The monoisotopic (exact) mass is 245 g/mol. The first kappa shape index (κ1) is 12.6. The summed E-state index contributed by atoms with van der Waals surface area (Å²) in [6.45, 7) is 7.81. The first-order valence-corrected chi connectivity index (χ1v) is 6.37. The molecule has 0 aliphatic rings. The Balaban J connectivity index is 2.31. The zero-order chi connectivity index (χ0) is 13.1. The molecule has 0 atom stereocenters. The molecule has 0 saturated carbocycles. The first-order chi connectivity index (χ1) is 8.67. The van der Waals surface area contributed by atoms with Crippen molar-refractivity contribution in [3.8, 4) is 0 Å². The van der Waals surface area contributed by atoms with Crippen LogP contribution in [0, 0.1) is 6.92 Å². The number of aromatic nitrogens is 2. The molecule has 4 nitrogen and oxygen atoms in total. The van der Waals surface area contributed by atoms with E-state index in [2.05, 4.69) is 4.98 Å². The Labute approximate surface area is 107 Å². The number of hydrogen-bond acceptors (Lipinski definition) is 2. The summed E-state index contributed by atoms with van der Waals surface area (Å²) in [6, 6.07) is 7.92. The van der Waals surface area contributed by atoms with Crippen LogP contribution in [0.2, 0.25) is 0 Å². The van der Waals surface area contributed by atoms with Gasteiger partial charge in [-0.2, -0.15) is 0 Å². The molecule has 2 aromatic rings. The maximum atomic E-state index is 12.1. The van der Waals surface area contributed by atoms with Crippen LogP contribution < -0.4 is 0 Å².